The third-order valence-corrected chi connectivity index (χ3v) is 3.54. The Morgan fingerprint density at radius 1 is 1.07 bits per heavy atom. The van der Waals surface area contributed by atoms with Crippen LogP contribution in [-0.2, 0) is 10.8 Å². The SMILES string of the molecule is C=Cc1scc(C(C)(C)C)c1C(C)(C)C. The number of rotatable bonds is 1. The van der Waals surface area contributed by atoms with Crippen molar-refractivity contribution in [2.45, 2.75) is 52.4 Å². The van der Waals surface area contributed by atoms with Crippen molar-refractivity contribution in [3.05, 3.63) is 28.0 Å². The van der Waals surface area contributed by atoms with Crippen molar-refractivity contribution in [2.24, 2.45) is 0 Å². The van der Waals surface area contributed by atoms with Gasteiger partial charge in [0.2, 0.25) is 0 Å². The fourth-order valence-electron chi connectivity index (χ4n) is 1.85. The van der Waals surface area contributed by atoms with Crippen LogP contribution in [0, 0.1) is 0 Å². The highest BCUT2D eigenvalue weighted by Gasteiger charge is 2.28. The lowest BCUT2D eigenvalue weighted by Gasteiger charge is -2.27. The predicted molar refractivity (Wildman–Crippen MR) is 71.8 cm³/mol. The Morgan fingerprint density at radius 2 is 1.60 bits per heavy atom. The van der Waals surface area contributed by atoms with Crippen LogP contribution in [0.1, 0.15) is 57.5 Å². The molecule has 1 aromatic heterocycles. The van der Waals surface area contributed by atoms with Crippen LogP contribution in [0.3, 0.4) is 0 Å². The summed E-state index contributed by atoms with van der Waals surface area (Å²) in [5, 5.41) is 2.29. The van der Waals surface area contributed by atoms with Gasteiger partial charge in [-0.05, 0) is 27.3 Å². The summed E-state index contributed by atoms with van der Waals surface area (Å²) < 4.78 is 0. The molecule has 0 nitrogen and oxygen atoms in total. The first kappa shape index (κ1) is 12.5. The van der Waals surface area contributed by atoms with E-state index < -0.39 is 0 Å². The van der Waals surface area contributed by atoms with Crippen molar-refractivity contribution in [1.82, 2.24) is 0 Å². The highest BCUT2D eigenvalue weighted by molar-refractivity contribution is 7.11. The van der Waals surface area contributed by atoms with E-state index in [1.807, 2.05) is 17.4 Å². The summed E-state index contributed by atoms with van der Waals surface area (Å²) in [4.78, 5) is 1.33. The van der Waals surface area contributed by atoms with Crippen LogP contribution in [-0.4, -0.2) is 0 Å². The fraction of sp³-hybridized carbons (Fsp3) is 0.571. The molecule has 0 N–H and O–H groups in total. The van der Waals surface area contributed by atoms with E-state index in [4.69, 9.17) is 0 Å². The molecule has 0 aromatic carbocycles. The van der Waals surface area contributed by atoms with Crippen LogP contribution in [0.5, 0.6) is 0 Å². The summed E-state index contributed by atoms with van der Waals surface area (Å²) in [6.07, 6.45) is 1.99. The molecule has 0 fully saturated rings. The van der Waals surface area contributed by atoms with Gasteiger partial charge in [0.05, 0.1) is 0 Å². The minimum Gasteiger partial charge on any atom is -0.144 e. The van der Waals surface area contributed by atoms with Gasteiger partial charge < -0.3 is 0 Å². The van der Waals surface area contributed by atoms with E-state index in [2.05, 4.69) is 53.5 Å². The average Bonchev–Trinajstić information content (AvgIpc) is 2.44. The lowest BCUT2D eigenvalue weighted by Crippen LogP contribution is -2.20. The van der Waals surface area contributed by atoms with Gasteiger partial charge in [-0.25, -0.2) is 0 Å². The van der Waals surface area contributed by atoms with Crippen LogP contribution in [0.25, 0.3) is 6.08 Å². The number of thiophene rings is 1. The molecule has 0 unspecified atom stereocenters. The molecule has 1 heterocycles. The molecule has 0 atom stereocenters. The minimum absolute atomic E-state index is 0.201. The van der Waals surface area contributed by atoms with Crippen LogP contribution in [0.4, 0.5) is 0 Å². The molecular formula is C14H22S. The van der Waals surface area contributed by atoms with Crippen molar-refractivity contribution >= 4 is 17.4 Å². The van der Waals surface area contributed by atoms with Gasteiger partial charge in [0.15, 0.2) is 0 Å². The summed E-state index contributed by atoms with van der Waals surface area (Å²) in [6.45, 7) is 17.6. The fourth-order valence-corrected chi connectivity index (χ4v) is 3.19. The molecule has 1 aromatic rings. The zero-order chi connectivity index (χ0) is 11.9. The largest absolute Gasteiger partial charge is 0.144 e. The topological polar surface area (TPSA) is 0 Å². The Hall–Kier alpha value is -0.560. The van der Waals surface area contributed by atoms with Crippen molar-refractivity contribution < 1.29 is 0 Å². The normalized spacial score (nSPS) is 12.9. The van der Waals surface area contributed by atoms with E-state index in [1.165, 1.54) is 16.0 Å². The van der Waals surface area contributed by atoms with E-state index in [-0.39, 0.29) is 10.8 Å². The Balaban J connectivity index is 3.44. The van der Waals surface area contributed by atoms with Crippen molar-refractivity contribution in [1.29, 1.82) is 0 Å². The second-order valence-corrected chi connectivity index (χ2v) is 7.00. The zero-order valence-electron chi connectivity index (χ0n) is 10.8. The zero-order valence-corrected chi connectivity index (χ0v) is 11.6. The molecule has 0 saturated heterocycles. The van der Waals surface area contributed by atoms with E-state index in [0.717, 1.165) is 0 Å². The molecule has 0 bridgehead atoms. The van der Waals surface area contributed by atoms with E-state index in [0.29, 0.717) is 0 Å². The van der Waals surface area contributed by atoms with Gasteiger partial charge in [-0.1, -0.05) is 54.2 Å². The van der Waals surface area contributed by atoms with Gasteiger partial charge in [0.1, 0.15) is 0 Å². The molecule has 0 radical (unpaired) electrons. The third kappa shape index (κ3) is 2.52. The van der Waals surface area contributed by atoms with Gasteiger partial charge in [-0.15, -0.1) is 11.3 Å². The van der Waals surface area contributed by atoms with E-state index >= 15 is 0 Å². The summed E-state index contributed by atoms with van der Waals surface area (Å²) >= 11 is 1.81. The maximum atomic E-state index is 3.91. The quantitative estimate of drug-likeness (QED) is 0.628. The molecule has 0 aliphatic carbocycles. The van der Waals surface area contributed by atoms with E-state index in [9.17, 15) is 0 Å². The van der Waals surface area contributed by atoms with Crippen LogP contribution < -0.4 is 0 Å². The second kappa shape index (κ2) is 3.79. The molecule has 0 aliphatic rings. The van der Waals surface area contributed by atoms with E-state index in [1.54, 1.807) is 0 Å². The maximum Gasteiger partial charge on any atom is 0.0304 e. The highest BCUT2D eigenvalue weighted by atomic mass is 32.1. The summed E-state index contributed by atoms with van der Waals surface area (Å²) in [7, 11) is 0. The first-order valence-corrected chi connectivity index (χ1v) is 6.31. The molecule has 84 valence electrons. The van der Waals surface area contributed by atoms with Crippen LogP contribution >= 0.6 is 11.3 Å². The second-order valence-electron chi connectivity index (χ2n) is 6.09. The molecule has 15 heavy (non-hydrogen) atoms. The van der Waals surface area contributed by atoms with Crippen molar-refractivity contribution in [2.75, 3.05) is 0 Å². The van der Waals surface area contributed by atoms with Gasteiger partial charge in [-0.2, -0.15) is 0 Å². The Bertz CT molecular complexity index is 356. The number of hydrogen-bond donors (Lipinski definition) is 0. The monoisotopic (exact) mass is 222 g/mol. The first-order valence-electron chi connectivity index (χ1n) is 5.43. The lowest BCUT2D eigenvalue weighted by atomic mass is 9.76. The van der Waals surface area contributed by atoms with Gasteiger partial charge in [0, 0.05) is 4.88 Å². The predicted octanol–water partition coefficient (Wildman–Crippen LogP) is 4.99. The summed E-state index contributed by atoms with van der Waals surface area (Å²) in [5.74, 6) is 0. The van der Waals surface area contributed by atoms with Crippen LogP contribution in [0.15, 0.2) is 12.0 Å². The van der Waals surface area contributed by atoms with Crippen LogP contribution in [0.2, 0.25) is 0 Å². The van der Waals surface area contributed by atoms with Crippen molar-refractivity contribution in [3.8, 4) is 0 Å². The molecule has 0 aliphatic heterocycles. The van der Waals surface area contributed by atoms with Gasteiger partial charge >= 0.3 is 0 Å². The highest BCUT2D eigenvalue weighted by Crippen LogP contribution is 2.40. The smallest absolute Gasteiger partial charge is 0.0304 e. The Labute approximate surface area is 98.0 Å². The molecular weight excluding hydrogens is 200 g/mol. The third-order valence-electron chi connectivity index (χ3n) is 2.56. The lowest BCUT2D eigenvalue weighted by molar-refractivity contribution is 0.534. The van der Waals surface area contributed by atoms with Gasteiger partial charge in [-0.3, -0.25) is 0 Å². The molecule has 1 heteroatoms. The molecule has 0 amide bonds. The average molecular weight is 222 g/mol. The standard InChI is InChI=1S/C14H22S/c1-8-11-12(14(5,6)7)10(9-15-11)13(2,3)4/h8-9H,1H2,2-7H3. The minimum atomic E-state index is 0.201. The summed E-state index contributed by atoms with van der Waals surface area (Å²) in [6, 6.07) is 0. The molecule has 1 rings (SSSR count). The summed E-state index contributed by atoms with van der Waals surface area (Å²) in [5.41, 5.74) is 3.36. The maximum absolute atomic E-state index is 3.91. The molecule has 0 saturated carbocycles. The van der Waals surface area contributed by atoms with Crippen molar-refractivity contribution in [3.63, 3.8) is 0 Å². The first-order chi connectivity index (χ1) is 6.68. The Kier molecular flexibility index (Phi) is 3.16. The molecule has 0 spiro atoms. The van der Waals surface area contributed by atoms with Gasteiger partial charge in [0.25, 0.3) is 0 Å². The number of hydrogen-bond acceptors (Lipinski definition) is 1. The Morgan fingerprint density at radius 3 is 1.93 bits per heavy atom.